The van der Waals surface area contributed by atoms with Gasteiger partial charge in [-0.25, -0.2) is 0 Å². The lowest BCUT2D eigenvalue weighted by atomic mass is 9.98. The van der Waals surface area contributed by atoms with Crippen LogP contribution in [-0.4, -0.2) is 0 Å². The molecule has 0 bridgehead atoms. The number of hydrogen-bond donors (Lipinski definition) is 2. The molecule has 0 aromatic heterocycles. The van der Waals surface area contributed by atoms with Gasteiger partial charge in [0, 0.05) is 0 Å². The van der Waals surface area contributed by atoms with Crippen molar-refractivity contribution in [2.24, 2.45) is 17.4 Å². The summed E-state index contributed by atoms with van der Waals surface area (Å²) in [5, 5.41) is 0. The highest BCUT2D eigenvalue weighted by Gasteiger charge is 2.15. The molecule has 0 unspecified atom stereocenters. The van der Waals surface area contributed by atoms with Crippen LogP contribution in [0.4, 0.5) is 0 Å². The predicted octanol–water partition coefficient (Wildman–Crippen LogP) is 1.88. The standard InChI is InChI=1S/C10H18N2/c11-6-5-10(8-12)7-9-3-1-2-4-9/h5-6,8-9H,1-4,7,11-12H2/b6-5-,10-8+. The molecule has 1 fully saturated rings. The van der Waals surface area contributed by atoms with E-state index < -0.39 is 0 Å². The molecule has 2 nitrogen and oxygen atoms in total. The van der Waals surface area contributed by atoms with E-state index in [1.807, 2.05) is 6.08 Å². The second kappa shape index (κ2) is 4.86. The van der Waals surface area contributed by atoms with E-state index in [1.165, 1.54) is 31.3 Å². The SMILES string of the molecule is N/C=C\C(=C/N)CC1CCCC1. The molecule has 4 N–H and O–H groups in total. The Bertz CT molecular complexity index is 176. The Labute approximate surface area is 74.3 Å². The van der Waals surface area contributed by atoms with E-state index in [2.05, 4.69) is 0 Å². The molecule has 68 valence electrons. The summed E-state index contributed by atoms with van der Waals surface area (Å²) in [6.07, 6.45) is 11.7. The Balaban J connectivity index is 2.36. The molecule has 1 rings (SSSR count). The second-order valence-corrected chi connectivity index (χ2v) is 3.46. The van der Waals surface area contributed by atoms with Crippen LogP contribution in [0.3, 0.4) is 0 Å². The molecule has 0 radical (unpaired) electrons. The van der Waals surface area contributed by atoms with Crippen molar-refractivity contribution in [2.75, 3.05) is 0 Å². The molecule has 1 aliphatic carbocycles. The van der Waals surface area contributed by atoms with Gasteiger partial charge in [-0.1, -0.05) is 25.7 Å². The highest BCUT2D eigenvalue weighted by molar-refractivity contribution is 5.17. The summed E-state index contributed by atoms with van der Waals surface area (Å²) >= 11 is 0. The Morgan fingerprint density at radius 1 is 1.25 bits per heavy atom. The van der Waals surface area contributed by atoms with Crippen molar-refractivity contribution in [1.82, 2.24) is 0 Å². The van der Waals surface area contributed by atoms with Crippen molar-refractivity contribution in [2.45, 2.75) is 32.1 Å². The highest BCUT2D eigenvalue weighted by Crippen LogP contribution is 2.30. The summed E-state index contributed by atoms with van der Waals surface area (Å²) in [7, 11) is 0. The molecular formula is C10H18N2. The van der Waals surface area contributed by atoms with E-state index in [-0.39, 0.29) is 0 Å². The molecule has 0 aromatic rings. The number of rotatable bonds is 3. The Morgan fingerprint density at radius 2 is 1.92 bits per heavy atom. The van der Waals surface area contributed by atoms with Gasteiger partial charge in [-0.3, -0.25) is 0 Å². The fraction of sp³-hybridized carbons (Fsp3) is 0.600. The first-order valence-electron chi connectivity index (χ1n) is 4.66. The monoisotopic (exact) mass is 166 g/mol. The summed E-state index contributed by atoms with van der Waals surface area (Å²) in [4.78, 5) is 0. The molecule has 12 heavy (non-hydrogen) atoms. The Kier molecular flexibility index (Phi) is 3.71. The van der Waals surface area contributed by atoms with Gasteiger partial charge in [-0.2, -0.15) is 0 Å². The van der Waals surface area contributed by atoms with Gasteiger partial charge in [0.2, 0.25) is 0 Å². The summed E-state index contributed by atoms with van der Waals surface area (Å²) in [5.74, 6) is 0.844. The quantitative estimate of drug-likeness (QED) is 0.629. The zero-order valence-electron chi connectivity index (χ0n) is 7.50. The Hall–Kier alpha value is -0.920. The minimum atomic E-state index is 0.844. The third kappa shape index (κ3) is 2.61. The highest BCUT2D eigenvalue weighted by atomic mass is 14.5. The molecular weight excluding hydrogens is 148 g/mol. The number of hydrogen-bond acceptors (Lipinski definition) is 2. The van der Waals surface area contributed by atoms with Gasteiger partial charge in [-0.15, -0.1) is 0 Å². The lowest BCUT2D eigenvalue weighted by Crippen LogP contribution is -1.97. The van der Waals surface area contributed by atoms with Crippen LogP contribution in [0.2, 0.25) is 0 Å². The van der Waals surface area contributed by atoms with Crippen LogP contribution >= 0.6 is 0 Å². The van der Waals surface area contributed by atoms with Gasteiger partial charge < -0.3 is 11.5 Å². The Morgan fingerprint density at radius 3 is 2.42 bits per heavy atom. The first kappa shape index (κ1) is 9.17. The molecule has 0 atom stereocenters. The molecule has 1 saturated carbocycles. The van der Waals surface area contributed by atoms with Crippen molar-refractivity contribution in [3.8, 4) is 0 Å². The van der Waals surface area contributed by atoms with Crippen LogP contribution in [0.15, 0.2) is 24.0 Å². The van der Waals surface area contributed by atoms with Crippen LogP contribution in [0, 0.1) is 5.92 Å². The maximum atomic E-state index is 5.47. The fourth-order valence-corrected chi connectivity index (χ4v) is 1.86. The van der Waals surface area contributed by atoms with Crippen LogP contribution in [0.1, 0.15) is 32.1 Å². The van der Waals surface area contributed by atoms with Gasteiger partial charge in [-0.05, 0) is 36.4 Å². The van der Waals surface area contributed by atoms with Gasteiger partial charge in [0.25, 0.3) is 0 Å². The van der Waals surface area contributed by atoms with Crippen LogP contribution < -0.4 is 11.5 Å². The van der Waals surface area contributed by atoms with E-state index in [1.54, 1.807) is 12.4 Å². The molecule has 0 saturated heterocycles. The summed E-state index contributed by atoms with van der Waals surface area (Å²) < 4.78 is 0. The van der Waals surface area contributed by atoms with Crippen LogP contribution in [0.25, 0.3) is 0 Å². The van der Waals surface area contributed by atoms with Crippen molar-refractivity contribution < 1.29 is 0 Å². The third-order valence-corrected chi connectivity index (χ3v) is 2.52. The summed E-state index contributed by atoms with van der Waals surface area (Å²) in [6, 6.07) is 0. The lowest BCUT2D eigenvalue weighted by Gasteiger charge is -2.08. The molecule has 0 heterocycles. The van der Waals surface area contributed by atoms with E-state index in [4.69, 9.17) is 11.5 Å². The van der Waals surface area contributed by atoms with Gasteiger partial charge >= 0.3 is 0 Å². The summed E-state index contributed by atoms with van der Waals surface area (Å²) in [5.41, 5.74) is 11.9. The first-order valence-corrected chi connectivity index (χ1v) is 4.66. The molecule has 2 heteroatoms. The second-order valence-electron chi connectivity index (χ2n) is 3.46. The zero-order valence-corrected chi connectivity index (χ0v) is 7.50. The maximum Gasteiger partial charge on any atom is -0.00291 e. The largest absolute Gasteiger partial charge is 0.405 e. The van der Waals surface area contributed by atoms with Crippen molar-refractivity contribution >= 4 is 0 Å². The van der Waals surface area contributed by atoms with E-state index in [0.29, 0.717) is 0 Å². The molecule has 0 aliphatic heterocycles. The normalized spacial score (nSPS) is 20.8. The molecule has 1 aliphatic rings. The molecule has 0 spiro atoms. The lowest BCUT2D eigenvalue weighted by molar-refractivity contribution is 0.548. The third-order valence-electron chi connectivity index (χ3n) is 2.52. The maximum absolute atomic E-state index is 5.47. The van der Waals surface area contributed by atoms with Crippen molar-refractivity contribution in [1.29, 1.82) is 0 Å². The predicted molar refractivity (Wildman–Crippen MR) is 52.2 cm³/mol. The van der Waals surface area contributed by atoms with Crippen LogP contribution in [-0.2, 0) is 0 Å². The van der Waals surface area contributed by atoms with Gasteiger partial charge in [0.15, 0.2) is 0 Å². The number of nitrogens with two attached hydrogens (primary N) is 2. The van der Waals surface area contributed by atoms with Crippen LogP contribution in [0.5, 0.6) is 0 Å². The average molecular weight is 166 g/mol. The number of allylic oxidation sites excluding steroid dienone is 2. The van der Waals surface area contributed by atoms with Gasteiger partial charge in [0.1, 0.15) is 0 Å². The van der Waals surface area contributed by atoms with E-state index >= 15 is 0 Å². The van der Waals surface area contributed by atoms with E-state index in [9.17, 15) is 0 Å². The smallest absolute Gasteiger partial charge is 0.00291 e. The fourth-order valence-electron chi connectivity index (χ4n) is 1.86. The zero-order chi connectivity index (χ0) is 8.81. The van der Waals surface area contributed by atoms with E-state index in [0.717, 1.165) is 12.3 Å². The van der Waals surface area contributed by atoms with Crippen molar-refractivity contribution in [3.63, 3.8) is 0 Å². The minimum Gasteiger partial charge on any atom is -0.405 e. The topological polar surface area (TPSA) is 52.0 Å². The summed E-state index contributed by atoms with van der Waals surface area (Å²) in [6.45, 7) is 0. The molecule has 0 amide bonds. The first-order chi connectivity index (χ1) is 5.86. The van der Waals surface area contributed by atoms with Crippen molar-refractivity contribution in [3.05, 3.63) is 24.0 Å². The minimum absolute atomic E-state index is 0.844. The van der Waals surface area contributed by atoms with Gasteiger partial charge in [0.05, 0.1) is 0 Å². The molecule has 0 aromatic carbocycles. The average Bonchev–Trinajstić information content (AvgIpc) is 2.56.